The van der Waals surface area contributed by atoms with Gasteiger partial charge in [-0.2, -0.15) is 0 Å². The Kier molecular flexibility index (Phi) is 8.44. The Morgan fingerprint density at radius 3 is 2.16 bits per heavy atom. The van der Waals surface area contributed by atoms with Crippen molar-refractivity contribution in [2.45, 2.75) is 38.5 Å². The Morgan fingerprint density at radius 1 is 0.812 bits per heavy atom. The van der Waals surface area contributed by atoms with Crippen LogP contribution in [0.3, 0.4) is 0 Å². The van der Waals surface area contributed by atoms with Gasteiger partial charge in [-0.05, 0) is 36.1 Å². The average molecular weight is 431 g/mol. The van der Waals surface area contributed by atoms with Crippen molar-refractivity contribution in [1.82, 2.24) is 0 Å². The van der Waals surface area contributed by atoms with E-state index in [9.17, 15) is 9.59 Å². The van der Waals surface area contributed by atoms with E-state index in [0.717, 1.165) is 42.4 Å². The number of rotatable bonds is 11. The maximum Gasteiger partial charge on any atom is 0.224 e. The van der Waals surface area contributed by atoms with Crippen LogP contribution in [0.1, 0.15) is 48.9 Å². The van der Waals surface area contributed by atoms with Crippen LogP contribution in [-0.2, 0) is 4.79 Å². The molecule has 5 nitrogen and oxygen atoms in total. The maximum absolute atomic E-state index is 12.4. The second-order valence-electron chi connectivity index (χ2n) is 7.78. The minimum absolute atomic E-state index is 0.0699. The van der Waals surface area contributed by atoms with Crippen molar-refractivity contribution in [2.75, 3.05) is 18.2 Å². The Labute approximate surface area is 189 Å². The molecule has 32 heavy (non-hydrogen) atoms. The molecule has 0 saturated heterocycles. The van der Waals surface area contributed by atoms with Gasteiger partial charge < -0.3 is 15.8 Å². The number of hydrogen-bond donors (Lipinski definition) is 2. The van der Waals surface area contributed by atoms with Crippen molar-refractivity contribution in [1.29, 1.82) is 0 Å². The quantitative estimate of drug-likeness (QED) is 0.219. The number of ketones is 1. The van der Waals surface area contributed by atoms with Gasteiger partial charge in [-0.1, -0.05) is 67.4 Å². The van der Waals surface area contributed by atoms with Gasteiger partial charge in [0.05, 0.1) is 18.5 Å². The zero-order valence-electron chi connectivity index (χ0n) is 18.5. The summed E-state index contributed by atoms with van der Waals surface area (Å²) in [4.78, 5) is 24.6. The fourth-order valence-electron chi connectivity index (χ4n) is 3.53. The summed E-state index contributed by atoms with van der Waals surface area (Å²) in [5.74, 6) is 0.740. The summed E-state index contributed by atoms with van der Waals surface area (Å²) in [5.41, 5.74) is 9.98. The summed E-state index contributed by atoms with van der Waals surface area (Å²) in [6.45, 7) is 0. The van der Waals surface area contributed by atoms with Crippen LogP contribution in [0.4, 0.5) is 11.4 Å². The number of benzene rings is 3. The summed E-state index contributed by atoms with van der Waals surface area (Å²) in [7, 11) is 1.57. The number of carbonyl (C=O) groups is 2. The number of hydrogen-bond acceptors (Lipinski definition) is 4. The highest BCUT2D eigenvalue weighted by molar-refractivity contribution is 5.96. The molecular formula is C27H30N2O3. The first-order valence-electron chi connectivity index (χ1n) is 11.0. The number of amides is 1. The fourth-order valence-corrected chi connectivity index (χ4v) is 3.53. The molecule has 0 atom stereocenters. The van der Waals surface area contributed by atoms with Crippen molar-refractivity contribution in [3.63, 3.8) is 0 Å². The second-order valence-corrected chi connectivity index (χ2v) is 7.78. The van der Waals surface area contributed by atoms with Crippen molar-refractivity contribution in [3.8, 4) is 16.9 Å². The Morgan fingerprint density at radius 2 is 1.47 bits per heavy atom. The molecule has 166 valence electrons. The summed E-state index contributed by atoms with van der Waals surface area (Å²) in [6.07, 6.45) is 4.37. The zero-order valence-corrected chi connectivity index (χ0v) is 18.5. The lowest BCUT2D eigenvalue weighted by molar-refractivity contribution is -0.116. The molecule has 3 aromatic rings. The molecule has 3 N–H and O–H groups in total. The van der Waals surface area contributed by atoms with Gasteiger partial charge in [0.2, 0.25) is 5.91 Å². The van der Waals surface area contributed by atoms with Crippen LogP contribution >= 0.6 is 0 Å². The van der Waals surface area contributed by atoms with Gasteiger partial charge in [0.15, 0.2) is 5.78 Å². The minimum atomic E-state index is -0.0699. The van der Waals surface area contributed by atoms with Crippen molar-refractivity contribution >= 4 is 23.1 Å². The molecule has 1 amide bonds. The average Bonchev–Trinajstić information content (AvgIpc) is 2.83. The number of ether oxygens (including phenoxy) is 1. The molecule has 0 aliphatic heterocycles. The Hall–Kier alpha value is -3.60. The number of nitrogens with one attached hydrogen (secondary N) is 1. The number of nitrogens with two attached hydrogens (primary N) is 1. The van der Waals surface area contributed by atoms with E-state index in [1.54, 1.807) is 25.3 Å². The number of unbranched alkanes of at least 4 members (excludes halogenated alkanes) is 3. The molecule has 0 aliphatic carbocycles. The normalized spacial score (nSPS) is 10.5. The highest BCUT2D eigenvalue weighted by Gasteiger charge is 2.08. The highest BCUT2D eigenvalue weighted by atomic mass is 16.5. The standard InChI is InChI=1S/C27H30N2O3/c1-32-23-17-18-24(28)25(19-23)29-27(31)12-8-3-2-7-11-26(30)22-15-13-21(14-16-22)20-9-5-4-6-10-20/h4-6,9-10,13-19H,2-3,7-8,11-12,28H2,1H3,(H,29,31). The van der Waals surface area contributed by atoms with Crippen LogP contribution in [0.2, 0.25) is 0 Å². The molecule has 0 aromatic heterocycles. The van der Waals surface area contributed by atoms with Crippen LogP contribution in [-0.4, -0.2) is 18.8 Å². The third-order valence-corrected chi connectivity index (χ3v) is 5.41. The molecule has 0 bridgehead atoms. The van der Waals surface area contributed by atoms with Crippen LogP contribution in [0, 0.1) is 0 Å². The first kappa shape index (κ1) is 23.1. The first-order valence-corrected chi connectivity index (χ1v) is 11.0. The summed E-state index contributed by atoms with van der Waals surface area (Å²) < 4.78 is 5.16. The number of carbonyl (C=O) groups excluding carboxylic acids is 2. The lowest BCUT2D eigenvalue weighted by atomic mass is 10.00. The molecule has 0 spiro atoms. The minimum Gasteiger partial charge on any atom is -0.497 e. The molecule has 0 aliphatic rings. The SMILES string of the molecule is COc1ccc(N)c(NC(=O)CCCCCCC(=O)c2ccc(-c3ccccc3)cc2)c1. The molecule has 3 aromatic carbocycles. The van der Waals surface area contributed by atoms with E-state index in [2.05, 4.69) is 17.4 Å². The van der Waals surface area contributed by atoms with Gasteiger partial charge >= 0.3 is 0 Å². The lowest BCUT2D eigenvalue weighted by Gasteiger charge is -2.10. The summed E-state index contributed by atoms with van der Waals surface area (Å²) in [5, 5.41) is 2.83. The third-order valence-electron chi connectivity index (χ3n) is 5.41. The monoisotopic (exact) mass is 430 g/mol. The second kappa shape index (κ2) is 11.7. The van der Waals surface area contributed by atoms with E-state index in [-0.39, 0.29) is 11.7 Å². The predicted octanol–water partition coefficient (Wildman–Crippen LogP) is 6.11. The molecule has 0 saturated carbocycles. The van der Waals surface area contributed by atoms with Crippen molar-refractivity contribution in [3.05, 3.63) is 78.4 Å². The predicted molar refractivity (Wildman–Crippen MR) is 130 cm³/mol. The molecule has 0 unspecified atom stereocenters. The molecule has 0 fully saturated rings. The number of methoxy groups -OCH3 is 1. The van der Waals surface area contributed by atoms with Gasteiger partial charge in [0, 0.05) is 24.5 Å². The van der Waals surface area contributed by atoms with Gasteiger partial charge in [-0.25, -0.2) is 0 Å². The highest BCUT2D eigenvalue weighted by Crippen LogP contribution is 2.25. The third kappa shape index (κ3) is 6.71. The topological polar surface area (TPSA) is 81.4 Å². The van der Waals surface area contributed by atoms with E-state index in [4.69, 9.17) is 10.5 Å². The number of anilines is 2. The molecule has 5 heteroatoms. The van der Waals surface area contributed by atoms with Crippen LogP contribution < -0.4 is 15.8 Å². The van der Waals surface area contributed by atoms with Gasteiger partial charge in [-0.3, -0.25) is 9.59 Å². The van der Waals surface area contributed by atoms with E-state index in [1.807, 2.05) is 42.5 Å². The number of nitrogen functional groups attached to an aromatic ring is 1. The maximum atomic E-state index is 12.4. The fraction of sp³-hybridized carbons (Fsp3) is 0.259. The van der Waals surface area contributed by atoms with E-state index in [0.29, 0.717) is 30.0 Å². The van der Waals surface area contributed by atoms with E-state index in [1.165, 1.54) is 0 Å². The van der Waals surface area contributed by atoms with Crippen molar-refractivity contribution < 1.29 is 14.3 Å². The van der Waals surface area contributed by atoms with Crippen LogP contribution in [0.25, 0.3) is 11.1 Å². The van der Waals surface area contributed by atoms with Crippen LogP contribution in [0.5, 0.6) is 5.75 Å². The Bertz CT molecular complexity index is 1030. The molecule has 0 heterocycles. The van der Waals surface area contributed by atoms with Gasteiger partial charge in [0.25, 0.3) is 0 Å². The summed E-state index contributed by atoms with van der Waals surface area (Å²) >= 11 is 0. The first-order chi connectivity index (χ1) is 15.6. The molecule has 3 rings (SSSR count). The van der Waals surface area contributed by atoms with Gasteiger partial charge in [0.1, 0.15) is 5.75 Å². The largest absolute Gasteiger partial charge is 0.497 e. The smallest absolute Gasteiger partial charge is 0.224 e. The Balaban J connectivity index is 1.34. The molecule has 0 radical (unpaired) electrons. The lowest BCUT2D eigenvalue weighted by Crippen LogP contribution is -2.12. The molecular weight excluding hydrogens is 400 g/mol. The van der Waals surface area contributed by atoms with E-state index < -0.39 is 0 Å². The van der Waals surface area contributed by atoms with Crippen LogP contribution in [0.15, 0.2) is 72.8 Å². The van der Waals surface area contributed by atoms with Gasteiger partial charge in [-0.15, -0.1) is 0 Å². The van der Waals surface area contributed by atoms with E-state index >= 15 is 0 Å². The van der Waals surface area contributed by atoms with Crippen molar-refractivity contribution in [2.24, 2.45) is 0 Å². The zero-order chi connectivity index (χ0) is 22.8. The summed E-state index contributed by atoms with van der Waals surface area (Å²) in [6, 6.07) is 23.1. The number of Topliss-reactive ketones (excluding diaryl/α,β-unsaturated/α-hetero) is 1.